The number of hydrogen-bond donors (Lipinski definition) is 2. The largest absolute Gasteiger partial charge is 0.484 e. The molecule has 0 saturated carbocycles. The van der Waals surface area contributed by atoms with Gasteiger partial charge in [0.1, 0.15) is 23.1 Å². The van der Waals surface area contributed by atoms with Crippen LogP contribution in [0.1, 0.15) is 0 Å². The molecule has 0 atom stereocenters. The van der Waals surface area contributed by atoms with Crippen molar-refractivity contribution in [3.63, 3.8) is 0 Å². The maximum absolute atomic E-state index is 13.6. The van der Waals surface area contributed by atoms with E-state index in [1.165, 1.54) is 18.2 Å². The third-order valence-corrected chi connectivity index (χ3v) is 3.58. The van der Waals surface area contributed by atoms with Gasteiger partial charge in [-0.3, -0.25) is 4.79 Å². The summed E-state index contributed by atoms with van der Waals surface area (Å²) in [5.74, 6) is -1.18. The van der Waals surface area contributed by atoms with Crippen LogP contribution in [0.5, 0.6) is 5.75 Å². The van der Waals surface area contributed by atoms with Gasteiger partial charge < -0.3 is 15.4 Å². The molecule has 2 aromatic carbocycles. The van der Waals surface area contributed by atoms with Crippen molar-refractivity contribution in [1.29, 1.82) is 0 Å². The van der Waals surface area contributed by atoms with Gasteiger partial charge in [-0.05, 0) is 48.5 Å². The van der Waals surface area contributed by atoms with E-state index >= 15 is 0 Å². The molecule has 138 valence electrons. The highest BCUT2D eigenvalue weighted by molar-refractivity contribution is 6.30. The number of nitrogens with one attached hydrogen (secondary N) is 2. The molecule has 0 bridgehead atoms. The van der Waals surface area contributed by atoms with Crippen LogP contribution in [0.2, 0.25) is 5.02 Å². The minimum Gasteiger partial charge on any atom is -0.484 e. The minimum absolute atomic E-state index is 0.120. The van der Waals surface area contributed by atoms with E-state index in [1.807, 2.05) is 0 Å². The average molecular weight is 391 g/mol. The van der Waals surface area contributed by atoms with Crippen LogP contribution in [-0.2, 0) is 4.79 Å². The first kappa shape index (κ1) is 18.5. The molecule has 2 N–H and O–H groups in total. The third kappa shape index (κ3) is 5.11. The van der Waals surface area contributed by atoms with Crippen LogP contribution in [0.15, 0.2) is 54.6 Å². The van der Waals surface area contributed by atoms with E-state index in [1.54, 1.807) is 24.3 Å². The van der Waals surface area contributed by atoms with E-state index in [-0.39, 0.29) is 23.9 Å². The molecule has 0 unspecified atom stereocenters. The third-order valence-electron chi connectivity index (χ3n) is 3.33. The van der Waals surface area contributed by atoms with Crippen molar-refractivity contribution < 1.29 is 18.3 Å². The maximum Gasteiger partial charge on any atom is 0.263 e. The van der Waals surface area contributed by atoms with Gasteiger partial charge in [-0.2, -0.15) is 0 Å². The number of benzene rings is 2. The van der Waals surface area contributed by atoms with Gasteiger partial charge in [-0.15, -0.1) is 10.2 Å². The van der Waals surface area contributed by atoms with Gasteiger partial charge in [0.25, 0.3) is 5.91 Å². The molecule has 1 amide bonds. The Morgan fingerprint density at radius 1 is 0.963 bits per heavy atom. The monoisotopic (exact) mass is 390 g/mol. The Labute approximate surface area is 158 Å². The Hall–Kier alpha value is -3.26. The van der Waals surface area contributed by atoms with Crippen molar-refractivity contribution in [2.45, 2.75) is 0 Å². The lowest BCUT2D eigenvalue weighted by Gasteiger charge is -2.09. The number of halogens is 3. The molecule has 0 aliphatic rings. The topological polar surface area (TPSA) is 76.1 Å². The molecule has 0 aliphatic carbocycles. The van der Waals surface area contributed by atoms with Gasteiger partial charge >= 0.3 is 0 Å². The summed E-state index contributed by atoms with van der Waals surface area (Å²) in [6.07, 6.45) is 0. The molecule has 0 aliphatic heterocycles. The highest BCUT2D eigenvalue weighted by Gasteiger charge is 2.10. The first-order valence-corrected chi connectivity index (χ1v) is 8.12. The first-order chi connectivity index (χ1) is 13.0. The number of carbonyl (C=O) groups excluding carboxylic acids is 1. The molecule has 3 rings (SSSR count). The second-order valence-electron chi connectivity index (χ2n) is 5.32. The number of rotatable bonds is 6. The average Bonchev–Trinajstić information content (AvgIpc) is 2.66. The number of aromatic nitrogens is 2. The molecule has 0 fully saturated rings. The lowest BCUT2D eigenvalue weighted by Crippen LogP contribution is -2.21. The highest BCUT2D eigenvalue weighted by atomic mass is 35.5. The van der Waals surface area contributed by atoms with E-state index < -0.39 is 17.5 Å². The summed E-state index contributed by atoms with van der Waals surface area (Å²) in [5, 5.41) is 13.1. The summed E-state index contributed by atoms with van der Waals surface area (Å²) in [5.41, 5.74) is -0.333. The van der Waals surface area contributed by atoms with Gasteiger partial charge in [0, 0.05) is 5.02 Å². The second-order valence-corrected chi connectivity index (χ2v) is 5.75. The van der Waals surface area contributed by atoms with Crippen LogP contribution in [0.3, 0.4) is 0 Å². The number of carbonyl (C=O) groups is 1. The zero-order valence-corrected chi connectivity index (χ0v) is 14.5. The number of anilines is 3. The Bertz CT molecular complexity index is 917. The Balaban J connectivity index is 1.55. The smallest absolute Gasteiger partial charge is 0.263 e. The van der Waals surface area contributed by atoms with E-state index in [9.17, 15) is 13.6 Å². The van der Waals surface area contributed by atoms with Crippen molar-refractivity contribution in [3.05, 3.63) is 71.3 Å². The van der Waals surface area contributed by atoms with E-state index in [0.717, 1.165) is 12.1 Å². The summed E-state index contributed by atoms with van der Waals surface area (Å²) in [4.78, 5) is 11.9. The molecule has 1 heterocycles. The van der Waals surface area contributed by atoms with Crippen molar-refractivity contribution >= 4 is 34.8 Å². The van der Waals surface area contributed by atoms with E-state index in [4.69, 9.17) is 16.3 Å². The van der Waals surface area contributed by atoms with Gasteiger partial charge in [0.05, 0.1) is 0 Å². The van der Waals surface area contributed by atoms with Crippen LogP contribution < -0.4 is 15.4 Å². The van der Waals surface area contributed by atoms with Crippen molar-refractivity contribution in [1.82, 2.24) is 10.2 Å². The highest BCUT2D eigenvalue weighted by Crippen LogP contribution is 2.22. The molecule has 6 nitrogen and oxygen atoms in total. The van der Waals surface area contributed by atoms with Gasteiger partial charge in [0.2, 0.25) is 0 Å². The Morgan fingerprint density at radius 3 is 2.22 bits per heavy atom. The van der Waals surface area contributed by atoms with Crippen LogP contribution in [0.4, 0.5) is 26.1 Å². The fourth-order valence-corrected chi connectivity index (χ4v) is 2.20. The summed E-state index contributed by atoms with van der Waals surface area (Å²) in [6.45, 7) is -0.232. The molecular weight excluding hydrogens is 378 g/mol. The van der Waals surface area contributed by atoms with Crippen LogP contribution in [-0.4, -0.2) is 22.7 Å². The van der Waals surface area contributed by atoms with Crippen molar-refractivity contribution in [2.75, 3.05) is 17.2 Å². The molecule has 27 heavy (non-hydrogen) atoms. The van der Waals surface area contributed by atoms with Crippen molar-refractivity contribution in [2.24, 2.45) is 0 Å². The second kappa shape index (κ2) is 8.41. The summed E-state index contributed by atoms with van der Waals surface area (Å²) >= 11 is 5.77. The van der Waals surface area contributed by atoms with Gasteiger partial charge in [-0.1, -0.05) is 17.7 Å². The first-order valence-electron chi connectivity index (χ1n) is 7.74. The van der Waals surface area contributed by atoms with Gasteiger partial charge in [0.15, 0.2) is 18.2 Å². The number of para-hydroxylation sites is 1. The molecule has 0 radical (unpaired) electrons. The minimum atomic E-state index is -0.756. The summed E-state index contributed by atoms with van der Waals surface area (Å²) in [7, 11) is 0. The van der Waals surface area contributed by atoms with Crippen molar-refractivity contribution in [3.8, 4) is 5.75 Å². The fourth-order valence-electron chi connectivity index (χ4n) is 2.07. The predicted molar refractivity (Wildman–Crippen MR) is 97.2 cm³/mol. The standard InChI is InChI=1S/C18H13ClF2N4O2/c19-11-4-6-12(7-5-11)27-10-17(26)22-15-8-9-16(25-24-15)23-18-13(20)2-1-3-14(18)21/h1-9H,10H2,(H,23,25)(H,22,24,26). The number of amides is 1. The van der Waals surface area contributed by atoms with E-state index in [0.29, 0.717) is 10.8 Å². The molecule has 0 spiro atoms. The Morgan fingerprint density at radius 2 is 1.59 bits per heavy atom. The van der Waals surface area contributed by atoms with Crippen LogP contribution in [0.25, 0.3) is 0 Å². The number of ether oxygens (including phenoxy) is 1. The van der Waals surface area contributed by atoms with E-state index in [2.05, 4.69) is 20.8 Å². The normalized spacial score (nSPS) is 10.3. The lowest BCUT2D eigenvalue weighted by molar-refractivity contribution is -0.118. The fraction of sp³-hybridized carbons (Fsp3) is 0.0556. The number of nitrogens with zero attached hydrogens (tertiary/aromatic N) is 2. The summed E-state index contributed by atoms with van der Waals surface area (Å²) < 4.78 is 32.5. The number of hydrogen-bond acceptors (Lipinski definition) is 5. The zero-order valence-electron chi connectivity index (χ0n) is 13.7. The Kier molecular flexibility index (Phi) is 5.77. The zero-order chi connectivity index (χ0) is 19.2. The lowest BCUT2D eigenvalue weighted by atomic mass is 10.3. The predicted octanol–water partition coefficient (Wildman–Crippen LogP) is 4.17. The van der Waals surface area contributed by atoms with Crippen LogP contribution >= 0.6 is 11.6 Å². The quantitative estimate of drug-likeness (QED) is 0.660. The SMILES string of the molecule is O=C(COc1ccc(Cl)cc1)Nc1ccc(Nc2c(F)cccc2F)nn1. The molecular formula is C18H13ClF2N4O2. The van der Waals surface area contributed by atoms with Crippen LogP contribution in [0, 0.1) is 11.6 Å². The molecule has 0 saturated heterocycles. The summed E-state index contributed by atoms with van der Waals surface area (Å²) in [6, 6.07) is 12.9. The maximum atomic E-state index is 13.6. The molecule has 3 aromatic rings. The van der Waals surface area contributed by atoms with Gasteiger partial charge in [-0.25, -0.2) is 8.78 Å². The molecule has 9 heteroatoms. The molecule has 1 aromatic heterocycles.